The number of hydrogen-bond acceptors (Lipinski definition) is 6. The summed E-state index contributed by atoms with van der Waals surface area (Å²) in [6.07, 6.45) is 0.703. The van der Waals surface area contributed by atoms with E-state index in [-0.39, 0.29) is 5.91 Å². The fourth-order valence-corrected chi connectivity index (χ4v) is 5.11. The summed E-state index contributed by atoms with van der Waals surface area (Å²) in [4.78, 5) is 14.5. The van der Waals surface area contributed by atoms with E-state index in [2.05, 4.69) is 21.6 Å². The molecule has 164 valence electrons. The first-order valence-corrected chi connectivity index (χ1v) is 12.0. The zero-order valence-corrected chi connectivity index (χ0v) is 19.9. The normalized spacial score (nSPS) is 11.8. The Morgan fingerprint density at radius 1 is 1.19 bits per heavy atom. The molecule has 0 aliphatic heterocycles. The Balaban J connectivity index is 1.57. The molecule has 0 bridgehead atoms. The van der Waals surface area contributed by atoms with Gasteiger partial charge in [0.25, 0.3) is 0 Å². The van der Waals surface area contributed by atoms with Crippen LogP contribution >= 0.6 is 34.7 Å². The number of thiophene rings is 1. The molecule has 0 fully saturated rings. The van der Waals surface area contributed by atoms with Crippen molar-refractivity contribution in [3.63, 3.8) is 0 Å². The van der Waals surface area contributed by atoms with Crippen LogP contribution in [0.5, 0.6) is 5.75 Å². The average molecular weight is 485 g/mol. The fraction of sp³-hybridized carbons (Fsp3) is 0.174. The van der Waals surface area contributed by atoms with Gasteiger partial charge in [-0.3, -0.25) is 4.79 Å². The number of hydrogen-bond donors (Lipinski definition) is 1. The second-order valence-corrected chi connectivity index (χ2v) is 9.47. The van der Waals surface area contributed by atoms with Crippen LogP contribution in [-0.4, -0.2) is 27.8 Å². The highest BCUT2D eigenvalue weighted by Crippen LogP contribution is 2.36. The number of anilines is 1. The van der Waals surface area contributed by atoms with Crippen LogP contribution < -0.4 is 10.1 Å². The third-order valence-electron chi connectivity index (χ3n) is 4.82. The summed E-state index contributed by atoms with van der Waals surface area (Å²) in [5.74, 6) is 1.23. The molecular weight excluding hydrogens is 464 g/mol. The first kappa shape index (κ1) is 22.4. The molecule has 0 spiro atoms. The van der Waals surface area contributed by atoms with Gasteiger partial charge in [0.2, 0.25) is 5.91 Å². The van der Waals surface area contributed by atoms with Crippen LogP contribution in [0.3, 0.4) is 0 Å². The lowest BCUT2D eigenvalue weighted by atomic mass is 10.1. The summed E-state index contributed by atoms with van der Waals surface area (Å²) in [5, 5.41) is 14.3. The van der Waals surface area contributed by atoms with Gasteiger partial charge < -0.3 is 14.6 Å². The molecule has 0 aliphatic carbocycles. The van der Waals surface area contributed by atoms with Gasteiger partial charge in [0.1, 0.15) is 16.8 Å². The van der Waals surface area contributed by atoms with E-state index in [1.807, 2.05) is 53.4 Å². The molecule has 32 heavy (non-hydrogen) atoms. The summed E-state index contributed by atoms with van der Waals surface area (Å²) in [6.45, 7) is 0. The summed E-state index contributed by atoms with van der Waals surface area (Å²) >= 11 is 9.27. The Hall–Kier alpha value is -2.81. The van der Waals surface area contributed by atoms with Crippen LogP contribution in [-0.2, 0) is 18.3 Å². The van der Waals surface area contributed by atoms with Gasteiger partial charge in [-0.25, -0.2) is 0 Å². The number of thioether (sulfide) groups is 1. The number of aromatic nitrogens is 3. The predicted molar refractivity (Wildman–Crippen MR) is 130 cm³/mol. The van der Waals surface area contributed by atoms with Gasteiger partial charge in [-0.2, -0.15) is 0 Å². The molecular formula is C23H21ClN4O2S2. The molecule has 6 nitrogen and oxygen atoms in total. The van der Waals surface area contributed by atoms with E-state index < -0.39 is 5.25 Å². The molecule has 1 N–H and O–H groups in total. The first-order valence-electron chi connectivity index (χ1n) is 9.82. The van der Waals surface area contributed by atoms with E-state index in [0.29, 0.717) is 28.0 Å². The largest absolute Gasteiger partial charge is 0.495 e. The van der Waals surface area contributed by atoms with Crippen molar-refractivity contribution in [2.45, 2.75) is 16.8 Å². The molecule has 2 heterocycles. The minimum absolute atomic E-state index is 0.176. The zero-order valence-electron chi connectivity index (χ0n) is 17.5. The highest BCUT2D eigenvalue weighted by atomic mass is 35.5. The Morgan fingerprint density at radius 2 is 2.00 bits per heavy atom. The number of carbonyl (C=O) groups is 1. The van der Waals surface area contributed by atoms with Crippen molar-refractivity contribution >= 4 is 46.3 Å². The number of rotatable bonds is 8. The average Bonchev–Trinajstić information content (AvgIpc) is 3.43. The van der Waals surface area contributed by atoms with Crippen LogP contribution in [0.1, 0.15) is 21.5 Å². The molecule has 2 aromatic heterocycles. The van der Waals surface area contributed by atoms with Crippen molar-refractivity contribution in [3.05, 3.63) is 87.3 Å². The lowest BCUT2D eigenvalue weighted by molar-refractivity contribution is -0.115. The molecule has 0 unspecified atom stereocenters. The third kappa shape index (κ3) is 5.15. The van der Waals surface area contributed by atoms with Gasteiger partial charge in [-0.05, 0) is 35.2 Å². The van der Waals surface area contributed by atoms with Crippen LogP contribution in [0.25, 0.3) is 0 Å². The van der Waals surface area contributed by atoms with Gasteiger partial charge in [0, 0.05) is 24.0 Å². The predicted octanol–water partition coefficient (Wildman–Crippen LogP) is 5.60. The van der Waals surface area contributed by atoms with Crippen molar-refractivity contribution < 1.29 is 9.53 Å². The molecule has 4 aromatic rings. The quantitative estimate of drug-likeness (QED) is 0.329. The highest BCUT2D eigenvalue weighted by Gasteiger charge is 2.25. The molecule has 0 aliphatic rings. The van der Waals surface area contributed by atoms with Crippen LogP contribution in [0.15, 0.2) is 71.2 Å². The summed E-state index contributed by atoms with van der Waals surface area (Å²) < 4.78 is 7.13. The van der Waals surface area contributed by atoms with Crippen molar-refractivity contribution in [1.29, 1.82) is 0 Å². The van der Waals surface area contributed by atoms with Crippen molar-refractivity contribution in [2.24, 2.45) is 7.05 Å². The maximum atomic E-state index is 13.3. The van der Waals surface area contributed by atoms with Gasteiger partial charge in [0.05, 0.1) is 12.1 Å². The number of amides is 1. The molecule has 1 atom stereocenters. The molecule has 2 aromatic carbocycles. The van der Waals surface area contributed by atoms with Crippen molar-refractivity contribution in [1.82, 2.24) is 14.8 Å². The third-order valence-corrected chi connectivity index (χ3v) is 7.28. The Bertz CT molecular complexity index is 1200. The fourth-order valence-electron chi connectivity index (χ4n) is 3.13. The second-order valence-electron chi connectivity index (χ2n) is 6.96. The number of halogens is 1. The van der Waals surface area contributed by atoms with E-state index in [9.17, 15) is 4.79 Å². The highest BCUT2D eigenvalue weighted by molar-refractivity contribution is 8.00. The van der Waals surface area contributed by atoms with E-state index in [0.717, 1.165) is 11.4 Å². The van der Waals surface area contributed by atoms with Crippen molar-refractivity contribution in [3.8, 4) is 5.75 Å². The van der Waals surface area contributed by atoms with Gasteiger partial charge in [-0.1, -0.05) is 59.8 Å². The molecule has 9 heteroatoms. The number of carbonyl (C=O) groups excluding carboxylic acids is 1. The van der Waals surface area contributed by atoms with Crippen LogP contribution in [0.4, 0.5) is 5.69 Å². The van der Waals surface area contributed by atoms with E-state index in [1.165, 1.54) is 16.6 Å². The minimum atomic E-state index is -0.519. The number of nitrogens with one attached hydrogen (secondary N) is 1. The zero-order chi connectivity index (χ0) is 22.5. The lowest BCUT2D eigenvalue weighted by Crippen LogP contribution is -2.19. The molecule has 0 radical (unpaired) electrons. The van der Waals surface area contributed by atoms with E-state index >= 15 is 0 Å². The SMILES string of the molecule is COc1ccc(NC(=O)[C@@H](Sc2nnc(Cc3cccs3)n2C)c2ccccc2)cc1Cl. The monoisotopic (exact) mass is 484 g/mol. The Kier molecular flexibility index (Phi) is 7.14. The summed E-state index contributed by atoms with van der Waals surface area (Å²) in [5.41, 5.74) is 1.47. The van der Waals surface area contributed by atoms with Crippen LogP contribution in [0.2, 0.25) is 5.02 Å². The Labute approximate surface area is 199 Å². The second kappa shape index (κ2) is 10.2. The smallest absolute Gasteiger partial charge is 0.242 e. The van der Waals surface area contributed by atoms with E-state index in [1.54, 1.807) is 36.6 Å². The number of benzene rings is 2. The summed E-state index contributed by atoms with van der Waals surface area (Å²) in [6, 6.07) is 18.9. The molecule has 0 saturated carbocycles. The number of methoxy groups -OCH3 is 1. The van der Waals surface area contributed by atoms with Crippen molar-refractivity contribution in [2.75, 3.05) is 12.4 Å². The van der Waals surface area contributed by atoms with Crippen LogP contribution in [0, 0.1) is 0 Å². The standard InChI is InChI=1S/C23H21ClN4O2S2/c1-28-20(14-17-9-6-12-31-17)26-27-23(28)32-21(15-7-4-3-5-8-15)22(29)25-16-10-11-19(30-2)18(24)13-16/h3-13,21H,14H2,1-2H3,(H,25,29)/t21-/m0/s1. The number of nitrogens with zero attached hydrogens (tertiary/aromatic N) is 3. The van der Waals surface area contributed by atoms with Gasteiger partial charge in [0.15, 0.2) is 5.16 Å². The summed E-state index contributed by atoms with van der Waals surface area (Å²) in [7, 11) is 3.48. The first-order chi connectivity index (χ1) is 15.5. The van der Waals surface area contributed by atoms with E-state index in [4.69, 9.17) is 16.3 Å². The topological polar surface area (TPSA) is 69.0 Å². The minimum Gasteiger partial charge on any atom is -0.495 e. The maximum Gasteiger partial charge on any atom is 0.242 e. The molecule has 0 saturated heterocycles. The Morgan fingerprint density at radius 3 is 2.69 bits per heavy atom. The maximum absolute atomic E-state index is 13.3. The molecule has 4 rings (SSSR count). The van der Waals surface area contributed by atoms with Gasteiger partial charge in [-0.15, -0.1) is 21.5 Å². The molecule has 1 amide bonds. The van der Waals surface area contributed by atoms with Gasteiger partial charge >= 0.3 is 0 Å². The number of ether oxygens (including phenoxy) is 1. The lowest BCUT2D eigenvalue weighted by Gasteiger charge is -2.17.